The fourth-order valence-electron chi connectivity index (χ4n) is 2.30. The summed E-state index contributed by atoms with van der Waals surface area (Å²) in [6, 6.07) is 5.56. The van der Waals surface area contributed by atoms with Crippen molar-refractivity contribution in [1.29, 1.82) is 0 Å². The molecule has 5 N–H and O–H groups in total. The number of rotatable bonds is 2. The van der Waals surface area contributed by atoms with Crippen LogP contribution in [0.4, 0.5) is 22.0 Å². The fourth-order valence-corrected chi connectivity index (χ4v) is 2.30. The summed E-state index contributed by atoms with van der Waals surface area (Å²) in [5.41, 5.74) is 10.0. The Hall–Kier alpha value is -3.08. The number of benzene rings is 1. The number of aliphatic imine (C=N–C) groups is 2. The van der Waals surface area contributed by atoms with Gasteiger partial charge in [-0.2, -0.15) is 13.2 Å². The maximum absolute atomic E-state index is 13.5. The largest absolute Gasteiger partial charge is 0.433 e. The van der Waals surface area contributed by atoms with Gasteiger partial charge in [-0.3, -0.25) is 5.73 Å². The summed E-state index contributed by atoms with van der Waals surface area (Å²) in [7, 11) is 0. The number of halogens is 5. The Bertz CT molecular complexity index is 903. The third-order valence-corrected chi connectivity index (χ3v) is 3.39. The van der Waals surface area contributed by atoms with Crippen molar-refractivity contribution < 1.29 is 22.0 Å². The first kappa shape index (κ1) is 17.7. The molecule has 0 aliphatic carbocycles. The van der Waals surface area contributed by atoms with Gasteiger partial charge in [0.05, 0.1) is 0 Å². The topological polar surface area (TPSA) is 102 Å². The summed E-state index contributed by atoms with van der Waals surface area (Å²) in [4.78, 5) is 11.2. The van der Waals surface area contributed by atoms with Gasteiger partial charge in [-0.15, -0.1) is 0 Å². The molecule has 6 nitrogen and oxygen atoms in total. The minimum absolute atomic E-state index is 0.177. The number of hydrogen-bond donors (Lipinski definition) is 3. The summed E-state index contributed by atoms with van der Waals surface area (Å²) >= 11 is 0. The normalized spacial score (nSPS) is 20.2. The van der Waals surface area contributed by atoms with Gasteiger partial charge in [0.2, 0.25) is 5.79 Å². The molecule has 1 atom stereocenters. The summed E-state index contributed by atoms with van der Waals surface area (Å²) in [6.07, 6.45) is -4.67. The minimum Gasteiger partial charge on any atom is -0.370 e. The Morgan fingerprint density at radius 2 is 1.65 bits per heavy atom. The van der Waals surface area contributed by atoms with Crippen LogP contribution in [0.25, 0.3) is 0 Å². The van der Waals surface area contributed by atoms with E-state index < -0.39 is 29.3 Å². The number of hydrogen-bond acceptors (Lipinski definition) is 6. The van der Waals surface area contributed by atoms with E-state index in [1.165, 1.54) is 6.07 Å². The van der Waals surface area contributed by atoms with Crippen molar-refractivity contribution in [3.8, 4) is 0 Å². The summed E-state index contributed by atoms with van der Waals surface area (Å²) in [5.74, 6) is -4.42. The average molecular weight is 370 g/mol. The van der Waals surface area contributed by atoms with Crippen molar-refractivity contribution in [2.24, 2.45) is 21.5 Å². The van der Waals surface area contributed by atoms with Crippen molar-refractivity contribution >= 4 is 11.8 Å². The molecule has 1 aliphatic heterocycles. The molecule has 3 rings (SSSR count). The van der Waals surface area contributed by atoms with Gasteiger partial charge in [-0.25, -0.2) is 23.7 Å². The highest BCUT2D eigenvalue weighted by atomic mass is 19.4. The molecule has 11 heteroatoms. The first-order valence-corrected chi connectivity index (χ1v) is 7.09. The Morgan fingerprint density at radius 1 is 1.00 bits per heavy atom. The van der Waals surface area contributed by atoms with Gasteiger partial charge in [0.25, 0.3) is 0 Å². The summed E-state index contributed by atoms with van der Waals surface area (Å²) in [5, 5.41) is 2.45. The van der Waals surface area contributed by atoms with Crippen LogP contribution < -0.4 is 16.8 Å². The van der Waals surface area contributed by atoms with Crippen LogP contribution >= 0.6 is 0 Å². The highest BCUT2D eigenvalue weighted by molar-refractivity contribution is 6.08. The number of guanidine groups is 1. The van der Waals surface area contributed by atoms with E-state index in [1.807, 2.05) is 0 Å². The predicted octanol–water partition coefficient (Wildman–Crippen LogP) is 1.81. The second kappa shape index (κ2) is 6.02. The molecule has 0 amide bonds. The Labute approximate surface area is 143 Å². The van der Waals surface area contributed by atoms with E-state index in [1.54, 1.807) is 0 Å². The minimum atomic E-state index is -4.67. The molecular weight excluding hydrogens is 359 g/mol. The Kier molecular flexibility index (Phi) is 4.11. The highest BCUT2D eigenvalue weighted by Crippen LogP contribution is 2.29. The van der Waals surface area contributed by atoms with E-state index in [9.17, 15) is 22.0 Å². The number of alkyl halides is 3. The van der Waals surface area contributed by atoms with E-state index in [2.05, 4.69) is 20.3 Å². The lowest BCUT2D eigenvalue weighted by Gasteiger charge is -2.27. The SMILES string of the molecule is NC1=NC(N)(c2cc(F)cc(F)c2)N=C(c2cccc(C(F)(F)F)n2)N1. The van der Waals surface area contributed by atoms with Crippen LogP contribution in [0.15, 0.2) is 46.4 Å². The molecule has 2 heterocycles. The predicted molar refractivity (Wildman–Crippen MR) is 82.8 cm³/mol. The third kappa shape index (κ3) is 3.47. The van der Waals surface area contributed by atoms with E-state index in [0.29, 0.717) is 6.07 Å². The molecule has 0 bridgehead atoms. The molecule has 2 aromatic rings. The van der Waals surface area contributed by atoms with Crippen LogP contribution in [0.2, 0.25) is 0 Å². The fraction of sp³-hybridized carbons (Fsp3) is 0.133. The Balaban J connectivity index is 2.09. The van der Waals surface area contributed by atoms with Crippen molar-refractivity contribution in [1.82, 2.24) is 10.3 Å². The van der Waals surface area contributed by atoms with E-state index >= 15 is 0 Å². The van der Waals surface area contributed by atoms with Crippen LogP contribution in [-0.4, -0.2) is 16.8 Å². The molecule has 136 valence electrons. The van der Waals surface area contributed by atoms with Gasteiger partial charge in [0.1, 0.15) is 23.0 Å². The lowest BCUT2D eigenvalue weighted by atomic mass is 10.1. The number of nitrogens with two attached hydrogens (primary N) is 2. The number of amidine groups is 1. The zero-order valence-corrected chi connectivity index (χ0v) is 12.9. The highest BCUT2D eigenvalue weighted by Gasteiger charge is 2.35. The van der Waals surface area contributed by atoms with Crippen molar-refractivity contribution in [2.45, 2.75) is 12.0 Å². The lowest BCUT2D eigenvalue weighted by molar-refractivity contribution is -0.141. The van der Waals surface area contributed by atoms with Crippen LogP contribution in [0.1, 0.15) is 17.0 Å². The molecular formula is C15H11F5N6. The molecule has 0 fully saturated rings. The van der Waals surface area contributed by atoms with Crippen LogP contribution in [0.3, 0.4) is 0 Å². The number of aromatic nitrogens is 1. The second-order valence-electron chi connectivity index (χ2n) is 5.37. The van der Waals surface area contributed by atoms with E-state index in [0.717, 1.165) is 24.3 Å². The lowest BCUT2D eigenvalue weighted by Crippen LogP contribution is -2.49. The number of nitrogens with one attached hydrogen (secondary N) is 1. The van der Waals surface area contributed by atoms with Crippen molar-refractivity contribution in [2.75, 3.05) is 0 Å². The van der Waals surface area contributed by atoms with E-state index in [-0.39, 0.29) is 23.1 Å². The maximum atomic E-state index is 13.5. The van der Waals surface area contributed by atoms with E-state index in [4.69, 9.17) is 11.5 Å². The van der Waals surface area contributed by atoms with Crippen LogP contribution in [0, 0.1) is 11.6 Å². The van der Waals surface area contributed by atoms with Gasteiger partial charge in [0.15, 0.2) is 11.8 Å². The molecule has 1 aromatic carbocycles. The monoisotopic (exact) mass is 370 g/mol. The smallest absolute Gasteiger partial charge is 0.370 e. The average Bonchev–Trinajstić information content (AvgIpc) is 2.52. The summed E-state index contributed by atoms with van der Waals surface area (Å²) in [6.45, 7) is 0. The Morgan fingerprint density at radius 3 is 2.27 bits per heavy atom. The van der Waals surface area contributed by atoms with Crippen LogP contribution in [0.5, 0.6) is 0 Å². The molecule has 0 radical (unpaired) electrons. The zero-order chi connectivity index (χ0) is 19.1. The quantitative estimate of drug-likeness (QED) is 0.702. The van der Waals surface area contributed by atoms with Gasteiger partial charge < -0.3 is 11.1 Å². The van der Waals surface area contributed by atoms with Gasteiger partial charge >= 0.3 is 6.18 Å². The van der Waals surface area contributed by atoms with Gasteiger partial charge in [0, 0.05) is 11.6 Å². The molecule has 26 heavy (non-hydrogen) atoms. The van der Waals surface area contributed by atoms with Crippen molar-refractivity contribution in [3.05, 3.63) is 65.0 Å². The summed E-state index contributed by atoms with van der Waals surface area (Å²) < 4.78 is 65.5. The van der Waals surface area contributed by atoms with Crippen LogP contribution in [-0.2, 0) is 12.0 Å². The molecule has 1 unspecified atom stereocenters. The van der Waals surface area contributed by atoms with Crippen molar-refractivity contribution in [3.63, 3.8) is 0 Å². The first-order chi connectivity index (χ1) is 12.1. The molecule has 1 aromatic heterocycles. The number of nitrogens with zero attached hydrogens (tertiary/aromatic N) is 3. The maximum Gasteiger partial charge on any atom is 0.433 e. The first-order valence-electron chi connectivity index (χ1n) is 7.09. The third-order valence-electron chi connectivity index (χ3n) is 3.39. The van der Waals surface area contributed by atoms with Gasteiger partial charge in [-0.1, -0.05) is 6.07 Å². The molecule has 0 spiro atoms. The standard InChI is InChI=1S/C15H11F5N6/c16-8-4-7(5-9(17)6-8)15(22)25-12(24-13(21)26-15)10-2-1-3-11(23-10)14(18,19)20/h1-6H,22H2,(H3,21,24,25,26). The zero-order valence-electron chi connectivity index (χ0n) is 12.9. The molecule has 1 aliphatic rings. The number of pyridine rings is 1. The second-order valence-corrected chi connectivity index (χ2v) is 5.37. The molecule has 0 saturated heterocycles. The molecule has 0 saturated carbocycles. The van der Waals surface area contributed by atoms with Gasteiger partial charge in [-0.05, 0) is 24.3 Å².